The minimum atomic E-state index is -3.31. The number of hydrogen-bond donors (Lipinski definition) is 2. The van der Waals surface area contributed by atoms with E-state index in [4.69, 9.17) is 4.74 Å². The number of ether oxygens (including phenoxy) is 1. The Morgan fingerprint density at radius 3 is 2.67 bits per heavy atom. The third-order valence-electron chi connectivity index (χ3n) is 2.37. The van der Waals surface area contributed by atoms with Crippen molar-refractivity contribution in [1.82, 2.24) is 15.0 Å². The number of amides is 1. The zero-order valence-electron chi connectivity index (χ0n) is 12.6. The molecule has 1 aromatic rings. The van der Waals surface area contributed by atoms with E-state index in [0.717, 1.165) is 0 Å². The van der Waals surface area contributed by atoms with Crippen LogP contribution in [-0.4, -0.2) is 44.3 Å². The second kappa shape index (κ2) is 7.30. The molecule has 7 nitrogen and oxygen atoms in total. The van der Waals surface area contributed by atoms with E-state index in [0.29, 0.717) is 16.5 Å². The molecule has 0 aliphatic carbocycles. The van der Waals surface area contributed by atoms with Crippen molar-refractivity contribution in [3.8, 4) is 0 Å². The number of carbonyl (C=O) groups excluding carboxylic acids is 1. The van der Waals surface area contributed by atoms with Crippen LogP contribution < -0.4 is 10.0 Å². The summed E-state index contributed by atoms with van der Waals surface area (Å²) in [5.74, 6) is -0.491. The van der Waals surface area contributed by atoms with E-state index in [1.54, 1.807) is 0 Å². The van der Waals surface area contributed by atoms with Crippen molar-refractivity contribution in [1.29, 1.82) is 0 Å². The van der Waals surface area contributed by atoms with E-state index >= 15 is 0 Å². The highest BCUT2D eigenvalue weighted by atomic mass is 32.2. The Bertz CT molecular complexity index is 576. The maximum Gasteiger partial charge on any atom is 0.263 e. The van der Waals surface area contributed by atoms with Crippen LogP contribution in [0.1, 0.15) is 35.5 Å². The number of nitrogens with zero attached hydrogens (tertiary/aromatic N) is 1. The molecule has 0 saturated heterocycles. The van der Waals surface area contributed by atoms with Gasteiger partial charge in [0.25, 0.3) is 5.91 Å². The van der Waals surface area contributed by atoms with Gasteiger partial charge in [-0.2, -0.15) is 0 Å². The summed E-state index contributed by atoms with van der Waals surface area (Å²) in [7, 11) is -1.98. The molecule has 0 saturated carbocycles. The Balaban J connectivity index is 2.47. The molecule has 0 aliphatic heterocycles. The van der Waals surface area contributed by atoms with Gasteiger partial charge in [-0.15, -0.1) is 11.3 Å². The van der Waals surface area contributed by atoms with Crippen molar-refractivity contribution >= 4 is 27.3 Å². The zero-order valence-corrected chi connectivity index (χ0v) is 14.2. The van der Waals surface area contributed by atoms with Crippen LogP contribution in [0.3, 0.4) is 0 Å². The largest absolute Gasteiger partial charge is 0.369 e. The van der Waals surface area contributed by atoms with Crippen molar-refractivity contribution in [3.63, 3.8) is 0 Å². The summed E-state index contributed by atoms with van der Waals surface area (Å²) in [6.07, 6.45) is 1.47. The first kappa shape index (κ1) is 18.0. The molecule has 1 rings (SSSR count). The van der Waals surface area contributed by atoms with Crippen LogP contribution in [0.4, 0.5) is 0 Å². The molecule has 2 N–H and O–H groups in total. The van der Waals surface area contributed by atoms with Crippen molar-refractivity contribution < 1.29 is 17.9 Å². The van der Waals surface area contributed by atoms with E-state index in [-0.39, 0.29) is 23.8 Å². The summed E-state index contributed by atoms with van der Waals surface area (Å²) in [6, 6.07) is 0. The predicted octanol–water partition coefficient (Wildman–Crippen LogP) is 0.737. The van der Waals surface area contributed by atoms with Gasteiger partial charge in [-0.1, -0.05) is 0 Å². The van der Waals surface area contributed by atoms with Gasteiger partial charge in [0.1, 0.15) is 9.88 Å². The number of thiazole rings is 1. The highest BCUT2D eigenvalue weighted by Gasteiger charge is 2.15. The molecule has 0 aliphatic rings. The number of hydrogen-bond acceptors (Lipinski definition) is 6. The lowest BCUT2D eigenvalue weighted by Gasteiger charge is -2.18. The molecule has 0 spiro atoms. The third kappa shape index (κ3) is 6.98. The van der Waals surface area contributed by atoms with Crippen molar-refractivity contribution in [3.05, 3.63) is 16.1 Å². The van der Waals surface area contributed by atoms with Crippen molar-refractivity contribution in [2.75, 3.05) is 19.3 Å². The molecule has 21 heavy (non-hydrogen) atoms. The van der Waals surface area contributed by atoms with Gasteiger partial charge in [-0.3, -0.25) is 4.79 Å². The van der Waals surface area contributed by atoms with Gasteiger partial charge in [0.2, 0.25) is 10.0 Å². The first-order valence-corrected chi connectivity index (χ1v) is 8.88. The third-order valence-corrected chi connectivity index (χ3v) is 4.71. The van der Waals surface area contributed by atoms with E-state index in [2.05, 4.69) is 15.0 Å². The maximum atomic E-state index is 11.8. The molecular weight excluding hydrogens is 314 g/mol. The summed E-state index contributed by atoms with van der Waals surface area (Å²) in [6.45, 7) is 6.21. The van der Waals surface area contributed by atoms with Gasteiger partial charge >= 0.3 is 0 Å². The molecule has 1 amide bonds. The Kier molecular flexibility index (Phi) is 6.26. The number of sulfonamides is 1. The van der Waals surface area contributed by atoms with Gasteiger partial charge in [-0.25, -0.2) is 18.1 Å². The molecule has 0 bridgehead atoms. The Hall–Kier alpha value is -1.03. The Morgan fingerprint density at radius 2 is 2.10 bits per heavy atom. The fourth-order valence-corrected chi connectivity index (χ4v) is 2.57. The molecule has 0 radical (unpaired) electrons. The summed E-state index contributed by atoms with van der Waals surface area (Å²) >= 11 is 1.23. The van der Waals surface area contributed by atoms with Crippen molar-refractivity contribution in [2.45, 2.75) is 33.0 Å². The fourth-order valence-electron chi connectivity index (χ4n) is 1.25. The SMILES string of the molecule is CNS(=O)(=O)CCNC(=O)c1cnc(COC(C)(C)C)s1. The summed E-state index contributed by atoms with van der Waals surface area (Å²) < 4.78 is 30.2. The molecule has 0 atom stereocenters. The number of carbonyl (C=O) groups is 1. The lowest BCUT2D eigenvalue weighted by Crippen LogP contribution is -2.32. The van der Waals surface area contributed by atoms with Crippen LogP contribution in [0.15, 0.2) is 6.20 Å². The van der Waals surface area contributed by atoms with Gasteiger partial charge < -0.3 is 10.1 Å². The number of aromatic nitrogens is 1. The summed E-state index contributed by atoms with van der Waals surface area (Å²) in [5, 5.41) is 3.25. The smallest absolute Gasteiger partial charge is 0.263 e. The Morgan fingerprint density at radius 1 is 1.43 bits per heavy atom. The van der Waals surface area contributed by atoms with Crippen LogP contribution in [-0.2, 0) is 21.4 Å². The molecule has 9 heteroatoms. The Labute approximate surface area is 129 Å². The fraction of sp³-hybridized carbons (Fsp3) is 0.667. The molecule has 0 aromatic carbocycles. The molecule has 120 valence electrons. The molecular formula is C12H21N3O4S2. The van der Waals surface area contributed by atoms with Crippen LogP contribution >= 0.6 is 11.3 Å². The average molecular weight is 335 g/mol. The molecule has 0 fully saturated rings. The van der Waals surface area contributed by atoms with E-state index in [1.165, 1.54) is 24.6 Å². The predicted molar refractivity (Wildman–Crippen MR) is 81.8 cm³/mol. The van der Waals surface area contributed by atoms with Gasteiger partial charge in [0, 0.05) is 6.54 Å². The molecule has 1 aromatic heterocycles. The van der Waals surface area contributed by atoms with Gasteiger partial charge in [0.15, 0.2) is 0 Å². The summed E-state index contributed by atoms with van der Waals surface area (Å²) in [4.78, 5) is 16.4. The van der Waals surface area contributed by atoms with E-state index in [9.17, 15) is 13.2 Å². The quantitative estimate of drug-likeness (QED) is 0.766. The minimum Gasteiger partial charge on any atom is -0.369 e. The van der Waals surface area contributed by atoms with E-state index < -0.39 is 10.0 Å². The van der Waals surface area contributed by atoms with Crippen molar-refractivity contribution in [2.24, 2.45) is 0 Å². The zero-order chi connectivity index (χ0) is 16.1. The van der Waals surface area contributed by atoms with Gasteiger partial charge in [0.05, 0.1) is 24.2 Å². The normalized spacial score (nSPS) is 12.4. The standard InChI is InChI=1S/C12H21N3O4S2/c1-12(2,3)19-8-10-15-7-9(20-10)11(16)14-5-6-21(17,18)13-4/h7,13H,5-6,8H2,1-4H3,(H,14,16). The lowest BCUT2D eigenvalue weighted by atomic mass is 10.2. The first-order chi connectivity index (χ1) is 9.63. The van der Waals surface area contributed by atoms with Crippen LogP contribution in [0.25, 0.3) is 0 Å². The monoisotopic (exact) mass is 335 g/mol. The molecule has 0 unspecified atom stereocenters. The second-order valence-electron chi connectivity index (χ2n) is 5.30. The van der Waals surface area contributed by atoms with Crippen LogP contribution in [0.5, 0.6) is 0 Å². The highest BCUT2D eigenvalue weighted by Crippen LogP contribution is 2.17. The topological polar surface area (TPSA) is 97.4 Å². The van der Waals surface area contributed by atoms with Gasteiger partial charge in [-0.05, 0) is 27.8 Å². The lowest BCUT2D eigenvalue weighted by molar-refractivity contribution is -0.0150. The molecule has 1 heterocycles. The minimum absolute atomic E-state index is 0.0493. The van der Waals surface area contributed by atoms with E-state index in [1.807, 2.05) is 20.8 Å². The van der Waals surface area contributed by atoms with Crippen LogP contribution in [0, 0.1) is 0 Å². The van der Waals surface area contributed by atoms with Crippen LogP contribution in [0.2, 0.25) is 0 Å². The maximum absolute atomic E-state index is 11.8. The number of rotatable bonds is 7. The highest BCUT2D eigenvalue weighted by molar-refractivity contribution is 7.89. The average Bonchev–Trinajstić information content (AvgIpc) is 2.84. The second-order valence-corrected chi connectivity index (χ2v) is 8.46. The summed E-state index contributed by atoms with van der Waals surface area (Å²) in [5.41, 5.74) is -0.268. The number of nitrogens with one attached hydrogen (secondary N) is 2. The first-order valence-electron chi connectivity index (χ1n) is 6.41.